The minimum Gasteiger partial charge on any atom is -0.382 e. The summed E-state index contributed by atoms with van der Waals surface area (Å²) in [4.78, 5) is 17.3. The van der Waals surface area contributed by atoms with Gasteiger partial charge >= 0.3 is 0 Å². The Kier molecular flexibility index (Phi) is 5.11. The Morgan fingerprint density at radius 3 is 2.83 bits per heavy atom. The molecule has 0 radical (unpaired) electrons. The predicted molar refractivity (Wildman–Crippen MR) is 90.6 cm³/mol. The predicted octanol–water partition coefficient (Wildman–Crippen LogP) is 3.33. The number of benzene rings is 2. The van der Waals surface area contributed by atoms with Crippen LogP contribution in [-0.4, -0.2) is 24.3 Å². The molecule has 0 saturated carbocycles. The molecule has 124 valence electrons. The van der Waals surface area contributed by atoms with E-state index in [4.69, 9.17) is 16.4 Å². The quantitative estimate of drug-likeness (QED) is 0.902. The minimum absolute atomic E-state index is 0.223. The van der Waals surface area contributed by atoms with Crippen LogP contribution in [0, 0.1) is 5.82 Å². The van der Waals surface area contributed by atoms with E-state index in [1.807, 2.05) is 24.3 Å². The van der Waals surface area contributed by atoms with Gasteiger partial charge in [-0.05, 0) is 36.2 Å². The molecule has 0 spiro atoms. The molecule has 1 heterocycles. The van der Waals surface area contributed by atoms with E-state index in [9.17, 15) is 9.18 Å². The lowest BCUT2D eigenvalue weighted by molar-refractivity contribution is -0.131. The molecule has 1 unspecified atom stereocenters. The first-order valence-electron chi connectivity index (χ1n) is 7.62. The first-order chi connectivity index (χ1) is 11.6. The Bertz CT molecular complexity index is 762. The summed E-state index contributed by atoms with van der Waals surface area (Å²) in [5.41, 5.74) is 2.29. The number of halogens is 2. The van der Waals surface area contributed by atoms with E-state index in [0.29, 0.717) is 35.7 Å². The van der Waals surface area contributed by atoms with Crippen molar-refractivity contribution in [2.24, 2.45) is 5.16 Å². The second kappa shape index (κ2) is 7.45. The lowest BCUT2D eigenvalue weighted by Gasteiger charge is -2.09. The van der Waals surface area contributed by atoms with Crippen molar-refractivity contribution in [2.45, 2.75) is 18.9 Å². The number of hydrogen-bond acceptors (Lipinski definition) is 3. The number of amides is 1. The maximum absolute atomic E-state index is 13.2. The first-order valence-corrected chi connectivity index (χ1v) is 8.00. The molecule has 3 rings (SSSR count). The SMILES string of the molecule is O=C(NCCc1ccc(Cl)cc1)C1CC(c2cccc(F)c2)=NO1. The number of nitrogens with zero attached hydrogens (tertiary/aromatic N) is 1. The average molecular weight is 347 g/mol. The van der Waals surface area contributed by atoms with Crippen molar-refractivity contribution >= 4 is 23.2 Å². The number of rotatable bonds is 5. The standard InChI is InChI=1S/C18H16ClFN2O2/c19-14-6-4-12(5-7-14)8-9-21-18(23)17-11-16(22-24-17)13-2-1-3-15(20)10-13/h1-7,10,17H,8-9,11H2,(H,21,23). The summed E-state index contributed by atoms with van der Waals surface area (Å²) in [5, 5.41) is 7.41. The fraction of sp³-hybridized carbons (Fsp3) is 0.222. The number of carbonyl (C=O) groups is 1. The van der Waals surface area contributed by atoms with Crippen LogP contribution in [0.1, 0.15) is 17.5 Å². The second-order valence-corrected chi connectivity index (χ2v) is 5.95. The van der Waals surface area contributed by atoms with Crippen LogP contribution in [-0.2, 0) is 16.1 Å². The van der Waals surface area contributed by atoms with Crippen LogP contribution in [0.5, 0.6) is 0 Å². The molecular formula is C18H16ClFN2O2. The maximum Gasteiger partial charge on any atom is 0.264 e. The van der Waals surface area contributed by atoms with Crippen LogP contribution in [0.15, 0.2) is 53.7 Å². The van der Waals surface area contributed by atoms with E-state index in [-0.39, 0.29) is 11.7 Å². The van der Waals surface area contributed by atoms with Crippen LogP contribution in [0.4, 0.5) is 4.39 Å². The van der Waals surface area contributed by atoms with Gasteiger partial charge in [-0.15, -0.1) is 0 Å². The Morgan fingerprint density at radius 2 is 2.08 bits per heavy atom. The van der Waals surface area contributed by atoms with Gasteiger partial charge in [0.15, 0.2) is 0 Å². The molecule has 0 bridgehead atoms. The third-order valence-electron chi connectivity index (χ3n) is 3.75. The van der Waals surface area contributed by atoms with Gasteiger partial charge in [0.1, 0.15) is 5.82 Å². The van der Waals surface area contributed by atoms with E-state index < -0.39 is 6.10 Å². The molecule has 1 N–H and O–H groups in total. The molecular weight excluding hydrogens is 331 g/mol. The summed E-state index contributed by atoms with van der Waals surface area (Å²) >= 11 is 5.83. The summed E-state index contributed by atoms with van der Waals surface area (Å²) in [7, 11) is 0. The van der Waals surface area contributed by atoms with Gasteiger partial charge in [0.25, 0.3) is 5.91 Å². The monoisotopic (exact) mass is 346 g/mol. The summed E-state index contributed by atoms with van der Waals surface area (Å²) < 4.78 is 13.2. The minimum atomic E-state index is -0.673. The zero-order valence-corrected chi connectivity index (χ0v) is 13.6. The molecule has 6 heteroatoms. The lowest BCUT2D eigenvalue weighted by Crippen LogP contribution is -2.36. The molecule has 24 heavy (non-hydrogen) atoms. The van der Waals surface area contributed by atoms with Gasteiger partial charge in [0.05, 0.1) is 5.71 Å². The third-order valence-corrected chi connectivity index (χ3v) is 4.00. The molecule has 0 fully saturated rings. The Labute approximate surface area is 144 Å². The van der Waals surface area contributed by atoms with Gasteiger partial charge in [-0.3, -0.25) is 4.79 Å². The van der Waals surface area contributed by atoms with Gasteiger partial charge in [-0.1, -0.05) is 41.0 Å². The third kappa shape index (κ3) is 4.11. The molecule has 1 amide bonds. The zero-order valence-electron chi connectivity index (χ0n) is 12.8. The van der Waals surface area contributed by atoms with Crippen LogP contribution in [0.25, 0.3) is 0 Å². The highest BCUT2D eigenvalue weighted by atomic mass is 35.5. The lowest BCUT2D eigenvalue weighted by atomic mass is 10.0. The van der Waals surface area contributed by atoms with Crippen molar-refractivity contribution in [1.82, 2.24) is 5.32 Å². The number of hydrogen-bond donors (Lipinski definition) is 1. The van der Waals surface area contributed by atoms with Gasteiger partial charge in [-0.2, -0.15) is 0 Å². The molecule has 1 atom stereocenters. The molecule has 4 nitrogen and oxygen atoms in total. The summed E-state index contributed by atoms with van der Waals surface area (Å²) in [6.45, 7) is 0.496. The van der Waals surface area contributed by atoms with Gasteiger partial charge in [0.2, 0.25) is 6.10 Å². The number of carbonyl (C=O) groups excluding carboxylic acids is 1. The van der Waals surface area contributed by atoms with E-state index in [0.717, 1.165) is 5.56 Å². The molecule has 1 aliphatic rings. The van der Waals surface area contributed by atoms with Gasteiger partial charge in [0, 0.05) is 23.6 Å². The zero-order chi connectivity index (χ0) is 16.9. The van der Waals surface area contributed by atoms with Crippen molar-refractivity contribution in [2.75, 3.05) is 6.54 Å². The molecule has 2 aromatic rings. The number of nitrogens with one attached hydrogen (secondary N) is 1. The molecule has 1 aliphatic heterocycles. The highest BCUT2D eigenvalue weighted by molar-refractivity contribution is 6.30. The van der Waals surface area contributed by atoms with E-state index >= 15 is 0 Å². The smallest absolute Gasteiger partial charge is 0.264 e. The molecule has 0 aromatic heterocycles. The molecule has 2 aromatic carbocycles. The Balaban J connectivity index is 1.48. The van der Waals surface area contributed by atoms with Crippen molar-refractivity contribution in [1.29, 1.82) is 0 Å². The first kappa shape index (κ1) is 16.5. The van der Waals surface area contributed by atoms with Crippen molar-refractivity contribution in [3.63, 3.8) is 0 Å². The normalized spacial score (nSPS) is 16.4. The number of oxime groups is 1. The van der Waals surface area contributed by atoms with Crippen molar-refractivity contribution in [3.8, 4) is 0 Å². The second-order valence-electron chi connectivity index (χ2n) is 5.51. The topological polar surface area (TPSA) is 50.7 Å². The van der Waals surface area contributed by atoms with Crippen molar-refractivity contribution < 1.29 is 14.0 Å². The fourth-order valence-electron chi connectivity index (χ4n) is 2.45. The van der Waals surface area contributed by atoms with Crippen molar-refractivity contribution in [3.05, 3.63) is 70.5 Å². The van der Waals surface area contributed by atoms with Crippen LogP contribution >= 0.6 is 11.6 Å². The Morgan fingerprint density at radius 1 is 1.29 bits per heavy atom. The maximum atomic E-state index is 13.2. The van der Waals surface area contributed by atoms with E-state index in [1.54, 1.807) is 12.1 Å². The van der Waals surface area contributed by atoms with Crippen LogP contribution < -0.4 is 5.32 Å². The summed E-state index contributed by atoms with van der Waals surface area (Å²) in [6.07, 6.45) is 0.359. The molecule has 0 aliphatic carbocycles. The summed E-state index contributed by atoms with van der Waals surface area (Å²) in [6, 6.07) is 13.6. The fourth-order valence-corrected chi connectivity index (χ4v) is 2.58. The molecule has 0 saturated heterocycles. The largest absolute Gasteiger partial charge is 0.382 e. The Hall–Kier alpha value is -2.40. The van der Waals surface area contributed by atoms with Gasteiger partial charge in [-0.25, -0.2) is 4.39 Å². The summed E-state index contributed by atoms with van der Waals surface area (Å²) in [5.74, 6) is -0.565. The highest BCUT2D eigenvalue weighted by Gasteiger charge is 2.28. The highest BCUT2D eigenvalue weighted by Crippen LogP contribution is 2.17. The van der Waals surface area contributed by atoms with Crippen LogP contribution in [0.3, 0.4) is 0 Å². The van der Waals surface area contributed by atoms with E-state index in [1.165, 1.54) is 12.1 Å². The van der Waals surface area contributed by atoms with E-state index in [2.05, 4.69) is 10.5 Å². The average Bonchev–Trinajstić information content (AvgIpc) is 3.07. The van der Waals surface area contributed by atoms with Crippen LogP contribution in [0.2, 0.25) is 5.02 Å². The van der Waals surface area contributed by atoms with Gasteiger partial charge < -0.3 is 10.2 Å².